The molecule has 2 aromatic rings. The van der Waals surface area contributed by atoms with E-state index in [-0.39, 0.29) is 41.8 Å². The highest BCUT2D eigenvalue weighted by molar-refractivity contribution is 5.90. The molecule has 1 aromatic heterocycles. The zero-order valence-electron chi connectivity index (χ0n) is 13.7. The van der Waals surface area contributed by atoms with Crippen LogP contribution in [0.25, 0.3) is 11.4 Å². The van der Waals surface area contributed by atoms with E-state index >= 15 is 0 Å². The number of aromatic nitrogens is 2. The van der Waals surface area contributed by atoms with Crippen LogP contribution in [0.2, 0.25) is 0 Å². The molecule has 1 fully saturated rings. The lowest BCUT2D eigenvalue weighted by atomic mass is 10.1. The maximum Gasteiger partial charge on any atom is 0.414 e. The van der Waals surface area contributed by atoms with E-state index < -0.39 is 24.0 Å². The molecule has 26 heavy (non-hydrogen) atoms. The first-order valence-corrected chi connectivity index (χ1v) is 7.66. The van der Waals surface area contributed by atoms with Gasteiger partial charge in [0.05, 0.1) is 30.5 Å². The summed E-state index contributed by atoms with van der Waals surface area (Å²) in [5.74, 6) is -2.05. The van der Waals surface area contributed by atoms with Gasteiger partial charge in [0.25, 0.3) is 0 Å². The second-order valence-corrected chi connectivity index (χ2v) is 5.67. The van der Waals surface area contributed by atoms with Gasteiger partial charge in [0.2, 0.25) is 5.91 Å². The minimum absolute atomic E-state index is 0.0685. The topological polar surface area (TPSA) is 125 Å². The Morgan fingerprint density at radius 3 is 2.88 bits per heavy atom. The summed E-state index contributed by atoms with van der Waals surface area (Å²) in [6.07, 6.45) is -0.0776. The molecule has 0 saturated carbocycles. The number of anilines is 1. The van der Waals surface area contributed by atoms with Crippen molar-refractivity contribution < 1.29 is 28.6 Å². The first-order chi connectivity index (χ1) is 12.3. The van der Waals surface area contributed by atoms with Crippen molar-refractivity contribution in [3.05, 3.63) is 35.9 Å². The highest BCUT2D eigenvalue weighted by Crippen LogP contribution is 2.27. The van der Waals surface area contributed by atoms with Crippen molar-refractivity contribution in [3.63, 3.8) is 0 Å². The average molecular weight is 362 g/mol. The van der Waals surface area contributed by atoms with Gasteiger partial charge in [-0.25, -0.2) is 19.0 Å². The van der Waals surface area contributed by atoms with Crippen molar-refractivity contribution in [1.29, 1.82) is 0 Å². The Hall–Kier alpha value is -3.43. The summed E-state index contributed by atoms with van der Waals surface area (Å²) in [5.41, 5.74) is 0.197. The molecule has 0 bridgehead atoms. The number of carboxylic acids is 1. The number of aromatic carboxylic acids is 1. The smallest absolute Gasteiger partial charge is 0.414 e. The molecule has 3 N–H and O–H groups in total. The number of H-pyrrole nitrogens is 1. The van der Waals surface area contributed by atoms with Gasteiger partial charge in [-0.05, 0) is 18.2 Å². The maximum atomic E-state index is 14.4. The van der Waals surface area contributed by atoms with Crippen LogP contribution in [0, 0.1) is 5.82 Å². The molecule has 9 nitrogen and oxygen atoms in total. The van der Waals surface area contributed by atoms with Crippen molar-refractivity contribution in [2.45, 2.75) is 13.0 Å². The van der Waals surface area contributed by atoms with Crippen LogP contribution in [0.3, 0.4) is 0 Å². The standard InChI is InChI=1S/C16H15FN4O5/c1-8(22)18-5-10-7-21(16(25)26-10)9-2-3-11(12(17)4-9)14-19-6-13(20-14)15(23)24/h2-4,6,10H,5,7H2,1H3,(H,18,22)(H,19,20)(H,23,24)/t10-/m0/s1. The molecule has 136 valence electrons. The molecule has 1 aliphatic heterocycles. The number of hydrogen-bond acceptors (Lipinski definition) is 5. The minimum atomic E-state index is -1.20. The molecule has 0 spiro atoms. The SMILES string of the molecule is CC(=O)NC[C@H]1CN(c2ccc(-c3ncc(C(=O)O)[nH]3)c(F)c2)C(=O)O1. The molecule has 1 aliphatic rings. The van der Waals surface area contributed by atoms with E-state index in [0.717, 1.165) is 12.3 Å². The van der Waals surface area contributed by atoms with Crippen LogP contribution in [0.5, 0.6) is 0 Å². The molecule has 1 aromatic carbocycles. The van der Waals surface area contributed by atoms with E-state index in [1.807, 2.05) is 0 Å². The molecule has 2 amide bonds. The number of amides is 2. The Bertz CT molecular complexity index is 881. The largest absolute Gasteiger partial charge is 0.477 e. The van der Waals surface area contributed by atoms with Crippen molar-refractivity contribution >= 4 is 23.7 Å². The van der Waals surface area contributed by atoms with Crippen LogP contribution in [0.15, 0.2) is 24.4 Å². The van der Waals surface area contributed by atoms with Crippen LogP contribution in [-0.2, 0) is 9.53 Å². The van der Waals surface area contributed by atoms with E-state index in [4.69, 9.17) is 9.84 Å². The van der Waals surface area contributed by atoms with Crippen molar-refractivity contribution in [1.82, 2.24) is 15.3 Å². The van der Waals surface area contributed by atoms with Gasteiger partial charge in [0, 0.05) is 6.92 Å². The van der Waals surface area contributed by atoms with E-state index in [9.17, 15) is 18.8 Å². The van der Waals surface area contributed by atoms with E-state index in [1.165, 1.54) is 24.0 Å². The summed E-state index contributed by atoms with van der Waals surface area (Å²) >= 11 is 0. The summed E-state index contributed by atoms with van der Waals surface area (Å²) in [6.45, 7) is 1.69. The zero-order valence-corrected chi connectivity index (χ0v) is 13.7. The van der Waals surface area contributed by atoms with E-state index in [2.05, 4.69) is 15.3 Å². The number of carbonyl (C=O) groups is 3. The lowest BCUT2D eigenvalue weighted by Gasteiger charge is -2.14. The lowest BCUT2D eigenvalue weighted by Crippen LogP contribution is -2.33. The Morgan fingerprint density at radius 2 is 2.27 bits per heavy atom. The third-order valence-electron chi connectivity index (χ3n) is 3.78. The molecular weight excluding hydrogens is 347 g/mol. The number of aromatic amines is 1. The number of carboxylic acid groups (broad SMARTS) is 1. The van der Waals surface area contributed by atoms with E-state index in [0.29, 0.717) is 0 Å². The molecule has 10 heteroatoms. The second-order valence-electron chi connectivity index (χ2n) is 5.67. The molecule has 0 radical (unpaired) electrons. The molecule has 2 heterocycles. The van der Waals surface area contributed by atoms with Crippen molar-refractivity contribution in [2.24, 2.45) is 0 Å². The number of nitrogens with one attached hydrogen (secondary N) is 2. The van der Waals surface area contributed by atoms with Gasteiger partial charge in [-0.3, -0.25) is 9.69 Å². The number of halogens is 1. The Kier molecular flexibility index (Phi) is 4.57. The fourth-order valence-corrected chi connectivity index (χ4v) is 2.53. The van der Waals surface area contributed by atoms with Gasteiger partial charge >= 0.3 is 12.1 Å². The third-order valence-corrected chi connectivity index (χ3v) is 3.78. The number of nitrogens with zero attached hydrogens (tertiary/aromatic N) is 2. The first-order valence-electron chi connectivity index (χ1n) is 7.66. The summed E-state index contributed by atoms with van der Waals surface area (Å²) in [6, 6.07) is 4.04. The first kappa shape index (κ1) is 17.4. The van der Waals surface area contributed by atoms with Gasteiger partial charge in [-0.15, -0.1) is 0 Å². The maximum absolute atomic E-state index is 14.4. The molecule has 0 aliphatic carbocycles. The Labute approximate surface area is 146 Å². The summed E-state index contributed by atoms with van der Waals surface area (Å²) < 4.78 is 19.6. The lowest BCUT2D eigenvalue weighted by molar-refractivity contribution is -0.119. The zero-order chi connectivity index (χ0) is 18.8. The molecular formula is C16H15FN4O5. The number of hydrogen-bond donors (Lipinski definition) is 3. The molecule has 1 atom stereocenters. The van der Waals surface area contributed by atoms with Gasteiger partial charge in [-0.1, -0.05) is 0 Å². The Balaban J connectivity index is 1.77. The second kappa shape index (κ2) is 6.82. The van der Waals surface area contributed by atoms with Gasteiger partial charge in [-0.2, -0.15) is 0 Å². The fraction of sp³-hybridized carbons (Fsp3) is 0.250. The van der Waals surface area contributed by atoms with Crippen LogP contribution in [0.4, 0.5) is 14.9 Å². The highest BCUT2D eigenvalue weighted by atomic mass is 19.1. The van der Waals surface area contributed by atoms with Gasteiger partial charge in [0.1, 0.15) is 23.4 Å². The fourth-order valence-electron chi connectivity index (χ4n) is 2.53. The molecule has 1 saturated heterocycles. The average Bonchev–Trinajstić information content (AvgIpc) is 3.20. The Morgan fingerprint density at radius 1 is 1.50 bits per heavy atom. The van der Waals surface area contributed by atoms with Gasteiger partial charge in [0.15, 0.2) is 0 Å². The van der Waals surface area contributed by atoms with E-state index in [1.54, 1.807) is 0 Å². The van der Waals surface area contributed by atoms with Crippen LogP contribution in [-0.4, -0.2) is 52.2 Å². The number of cyclic esters (lactones) is 1. The normalized spacial score (nSPS) is 16.5. The number of ether oxygens (including phenoxy) is 1. The summed E-state index contributed by atoms with van der Waals surface area (Å²) in [4.78, 5) is 41.4. The van der Waals surface area contributed by atoms with Crippen LogP contribution >= 0.6 is 0 Å². The van der Waals surface area contributed by atoms with Crippen LogP contribution < -0.4 is 10.2 Å². The summed E-state index contributed by atoms with van der Waals surface area (Å²) in [5, 5.41) is 11.4. The number of rotatable bonds is 5. The number of benzene rings is 1. The third kappa shape index (κ3) is 3.48. The number of carbonyl (C=O) groups excluding carboxylic acids is 2. The predicted molar refractivity (Wildman–Crippen MR) is 87.2 cm³/mol. The quantitative estimate of drug-likeness (QED) is 0.738. The molecule has 0 unspecified atom stereocenters. The summed E-state index contributed by atoms with van der Waals surface area (Å²) in [7, 11) is 0. The van der Waals surface area contributed by atoms with Crippen LogP contribution in [0.1, 0.15) is 17.4 Å². The van der Waals surface area contributed by atoms with Crippen molar-refractivity contribution in [3.8, 4) is 11.4 Å². The predicted octanol–water partition coefficient (Wildman–Crippen LogP) is 1.38. The number of imidazole rings is 1. The molecule has 3 rings (SSSR count). The minimum Gasteiger partial charge on any atom is -0.477 e. The van der Waals surface area contributed by atoms with Gasteiger partial charge < -0.3 is 20.1 Å². The monoisotopic (exact) mass is 362 g/mol. The highest BCUT2D eigenvalue weighted by Gasteiger charge is 2.32. The van der Waals surface area contributed by atoms with Crippen molar-refractivity contribution in [2.75, 3.05) is 18.0 Å².